The van der Waals surface area contributed by atoms with Crippen molar-refractivity contribution in [2.75, 3.05) is 12.3 Å². The first-order valence-corrected chi connectivity index (χ1v) is 8.80. The Kier molecular flexibility index (Phi) is 6.06. The van der Waals surface area contributed by atoms with Crippen LogP contribution < -0.4 is 0 Å². The van der Waals surface area contributed by atoms with Gasteiger partial charge in [0.2, 0.25) is 5.91 Å². The number of carbonyl (C=O) groups is 1. The molecule has 1 aromatic carbocycles. The Balaban J connectivity index is 2.08. The number of hydrogen-bond acceptors (Lipinski definition) is 2. The summed E-state index contributed by atoms with van der Waals surface area (Å²) in [5.74, 6) is 1.20. The Morgan fingerprint density at radius 1 is 1.40 bits per heavy atom. The summed E-state index contributed by atoms with van der Waals surface area (Å²) in [5, 5.41) is 1.31. The first-order valence-electron chi connectivity index (χ1n) is 6.99. The van der Waals surface area contributed by atoms with Gasteiger partial charge in [-0.15, -0.1) is 11.8 Å². The summed E-state index contributed by atoms with van der Waals surface area (Å²) < 4.78 is 0. The Morgan fingerprint density at radius 2 is 2.20 bits per heavy atom. The Morgan fingerprint density at radius 3 is 2.90 bits per heavy atom. The molecule has 5 heteroatoms. The van der Waals surface area contributed by atoms with E-state index in [4.69, 9.17) is 23.2 Å². The van der Waals surface area contributed by atoms with E-state index in [0.29, 0.717) is 16.5 Å². The third-order valence-electron chi connectivity index (χ3n) is 3.43. The second-order valence-electron chi connectivity index (χ2n) is 4.93. The van der Waals surface area contributed by atoms with Crippen LogP contribution in [0.15, 0.2) is 18.2 Å². The zero-order valence-corrected chi connectivity index (χ0v) is 13.9. The number of amides is 1. The minimum Gasteiger partial charge on any atom is -0.326 e. The molecule has 0 saturated carbocycles. The van der Waals surface area contributed by atoms with Crippen LogP contribution in [0.25, 0.3) is 0 Å². The summed E-state index contributed by atoms with van der Waals surface area (Å²) in [6.45, 7) is 2.95. The fourth-order valence-corrected chi connectivity index (χ4v) is 4.24. The molecule has 1 unspecified atom stereocenters. The lowest BCUT2D eigenvalue weighted by atomic mass is 10.1. The average molecular weight is 332 g/mol. The molecule has 20 heavy (non-hydrogen) atoms. The van der Waals surface area contributed by atoms with Gasteiger partial charge < -0.3 is 4.90 Å². The minimum atomic E-state index is 0.0360. The van der Waals surface area contributed by atoms with E-state index in [1.165, 1.54) is 0 Å². The highest BCUT2D eigenvalue weighted by molar-refractivity contribution is 7.99. The lowest BCUT2D eigenvalue weighted by molar-refractivity contribution is -0.131. The smallest absolute Gasteiger partial charge is 0.223 e. The summed E-state index contributed by atoms with van der Waals surface area (Å²) in [6.07, 6.45) is 3.85. The number of halogens is 2. The van der Waals surface area contributed by atoms with Crippen molar-refractivity contribution in [1.82, 2.24) is 4.90 Å². The summed E-state index contributed by atoms with van der Waals surface area (Å²) in [7, 11) is 0. The van der Waals surface area contributed by atoms with Crippen molar-refractivity contribution in [2.45, 2.75) is 38.0 Å². The van der Waals surface area contributed by atoms with Crippen LogP contribution in [0.5, 0.6) is 0 Å². The van der Waals surface area contributed by atoms with Gasteiger partial charge in [-0.1, -0.05) is 49.0 Å². The normalized spacial score (nSPS) is 18.6. The van der Waals surface area contributed by atoms with Crippen LogP contribution in [0.1, 0.15) is 43.5 Å². The van der Waals surface area contributed by atoms with E-state index < -0.39 is 0 Å². The monoisotopic (exact) mass is 331 g/mol. The van der Waals surface area contributed by atoms with Gasteiger partial charge >= 0.3 is 0 Å². The Bertz CT molecular complexity index is 481. The Labute approximate surface area is 134 Å². The maximum absolute atomic E-state index is 12.3. The standard InChI is InChI=1S/C15H19Cl2NOS/c1-2-3-4-5-14(19)18-8-9-20-15(18)12-7-6-11(16)10-13(12)17/h6-7,10,15H,2-5,8-9H2,1H3. The lowest BCUT2D eigenvalue weighted by Crippen LogP contribution is -2.30. The molecule has 110 valence electrons. The molecule has 1 saturated heterocycles. The third-order valence-corrected chi connectivity index (χ3v) is 5.24. The van der Waals surface area contributed by atoms with Crippen LogP contribution in [-0.2, 0) is 4.79 Å². The quantitative estimate of drug-likeness (QED) is 0.695. The molecule has 1 heterocycles. The van der Waals surface area contributed by atoms with Crippen LogP contribution in [0.3, 0.4) is 0 Å². The number of nitrogens with zero attached hydrogens (tertiary/aromatic N) is 1. The van der Waals surface area contributed by atoms with E-state index >= 15 is 0 Å². The fraction of sp³-hybridized carbons (Fsp3) is 0.533. The molecule has 2 rings (SSSR count). The number of carbonyl (C=O) groups excluding carboxylic acids is 1. The third kappa shape index (κ3) is 3.84. The SMILES string of the molecule is CCCCCC(=O)N1CCSC1c1ccc(Cl)cc1Cl. The van der Waals surface area contributed by atoms with Gasteiger partial charge in [0.05, 0.1) is 0 Å². The van der Waals surface area contributed by atoms with E-state index in [2.05, 4.69) is 6.92 Å². The summed E-state index contributed by atoms with van der Waals surface area (Å²) in [6, 6.07) is 5.51. The maximum Gasteiger partial charge on any atom is 0.223 e. The van der Waals surface area contributed by atoms with Crippen molar-refractivity contribution in [1.29, 1.82) is 0 Å². The number of hydrogen-bond donors (Lipinski definition) is 0. The van der Waals surface area contributed by atoms with Gasteiger partial charge in [0.1, 0.15) is 5.37 Å². The van der Waals surface area contributed by atoms with Gasteiger partial charge in [0.25, 0.3) is 0 Å². The molecule has 1 aromatic rings. The van der Waals surface area contributed by atoms with Gasteiger partial charge in [-0.25, -0.2) is 0 Å². The van der Waals surface area contributed by atoms with Gasteiger partial charge in [-0.3, -0.25) is 4.79 Å². The molecule has 1 amide bonds. The highest BCUT2D eigenvalue weighted by Gasteiger charge is 2.31. The predicted octanol–water partition coefficient (Wildman–Crippen LogP) is 5.15. The zero-order valence-electron chi connectivity index (χ0n) is 11.6. The van der Waals surface area contributed by atoms with Gasteiger partial charge in [0, 0.05) is 34.3 Å². The van der Waals surface area contributed by atoms with E-state index in [1.54, 1.807) is 17.8 Å². The molecule has 0 bridgehead atoms. The molecule has 0 N–H and O–H groups in total. The first-order chi connectivity index (χ1) is 9.63. The first kappa shape index (κ1) is 16.0. The van der Waals surface area contributed by atoms with Crippen LogP contribution in [0.2, 0.25) is 10.0 Å². The molecule has 1 atom stereocenters. The van der Waals surface area contributed by atoms with Crippen molar-refractivity contribution >= 4 is 40.9 Å². The predicted molar refractivity (Wildman–Crippen MR) is 87.5 cm³/mol. The molecular weight excluding hydrogens is 313 g/mol. The molecule has 0 aliphatic carbocycles. The Hall–Kier alpha value is -0.380. The van der Waals surface area contributed by atoms with Crippen molar-refractivity contribution in [3.63, 3.8) is 0 Å². The molecule has 1 aliphatic rings. The van der Waals surface area contributed by atoms with E-state index in [9.17, 15) is 4.79 Å². The molecule has 1 fully saturated rings. The molecule has 0 spiro atoms. The summed E-state index contributed by atoms with van der Waals surface area (Å²) in [4.78, 5) is 14.3. The second-order valence-corrected chi connectivity index (χ2v) is 6.96. The fourth-order valence-electron chi connectivity index (χ4n) is 2.35. The molecule has 0 aromatic heterocycles. The second kappa shape index (κ2) is 7.58. The molecule has 1 aliphatic heterocycles. The van der Waals surface area contributed by atoms with Crippen LogP contribution in [0, 0.1) is 0 Å². The summed E-state index contributed by atoms with van der Waals surface area (Å²) in [5.41, 5.74) is 0.988. The average Bonchev–Trinajstić information content (AvgIpc) is 2.88. The number of rotatable bonds is 5. The topological polar surface area (TPSA) is 20.3 Å². The van der Waals surface area contributed by atoms with Crippen molar-refractivity contribution < 1.29 is 4.79 Å². The zero-order chi connectivity index (χ0) is 14.5. The van der Waals surface area contributed by atoms with Crippen molar-refractivity contribution in [3.05, 3.63) is 33.8 Å². The van der Waals surface area contributed by atoms with Gasteiger partial charge in [-0.2, -0.15) is 0 Å². The van der Waals surface area contributed by atoms with Crippen LogP contribution in [0.4, 0.5) is 0 Å². The van der Waals surface area contributed by atoms with Crippen LogP contribution >= 0.6 is 35.0 Å². The highest BCUT2D eigenvalue weighted by Crippen LogP contribution is 2.41. The molecule has 0 radical (unpaired) electrons. The number of unbranched alkanes of at least 4 members (excludes halogenated alkanes) is 2. The van der Waals surface area contributed by atoms with Crippen molar-refractivity contribution in [3.8, 4) is 0 Å². The maximum atomic E-state index is 12.3. The van der Waals surface area contributed by atoms with E-state index in [1.807, 2.05) is 17.0 Å². The number of benzene rings is 1. The minimum absolute atomic E-state index is 0.0360. The van der Waals surface area contributed by atoms with Crippen LogP contribution in [-0.4, -0.2) is 23.1 Å². The van der Waals surface area contributed by atoms with Crippen molar-refractivity contribution in [2.24, 2.45) is 0 Å². The van der Waals surface area contributed by atoms with E-state index in [0.717, 1.165) is 37.1 Å². The summed E-state index contributed by atoms with van der Waals surface area (Å²) >= 11 is 14.0. The largest absolute Gasteiger partial charge is 0.326 e. The lowest BCUT2D eigenvalue weighted by Gasteiger charge is -2.25. The highest BCUT2D eigenvalue weighted by atomic mass is 35.5. The molecular formula is C15H19Cl2NOS. The molecule has 2 nitrogen and oxygen atoms in total. The number of thioether (sulfide) groups is 1. The van der Waals surface area contributed by atoms with Gasteiger partial charge in [-0.05, 0) is 18.6 Å². The van der Waals surface area contributed by atoms with Gasteiger partial charge in [0.15, 0.2) is 0 Å². The van der Waals surface area contributed by atoms with E-state index in [-0.39, 0.29) is 11.3 Å².